The molecule has 88 valence electrons. The van der Waals surface area contributed by atoms with Gasteiger partial charge in [0, 0.05) is 18.2 Å². The maximum atomic E-state index is 13.3. The van der Waals surface area contributed by atoms with E-state index in [9.17, 15) is 4.39 Å². The van der Waals surface area contributed by atoms with E-state index in [1.807, 2.05) is 0 Å². The van der Waals surface area contributed by atoms with Crippen molar-refractivity contribution < 1.29 is 4.39 Å². The van der Waals surface area contributed by atoms with E-state index in [4.69, 9.17) is 5.73 Å². The molecule has 0 fully saturated rings. The summed E-state index contributed by atoms with van der Waals surface area (Å²) in [4.78, 5) is 8.05. The Balaban J connectivity index is 2.10. The molecule has 0 atom stereocenters. The molecule has 0 aliphatic carbocycles. The predicted molar refractivity (Wildman–Crippen MR) is 67.9 cm³/mol. The Bertz CT molecular complexity index is 512. The van der Waals surface area contributed by atoms with Crippen molar-refractivity contribution in [2.24, 2.45) is 0 Å². The number of nitrogens with one attached hydrogen (secondary N) is 1. The summed E-state index contributed by atoms with van der Waals surface area (Å²) in [6.45, 7) is 0.308. The number of hydrogen-bond acceptors (Lipinski definition) is 4. The summed E-state index contributed by atoms with van der Waals surface area (Å²) >= 11 is 3.21. The SMILES string of the molecule is Nc1cc(Br)nc(NCc2ccccc2F)n1. The van der Waals surface area contributed by atoms with Crippen molar-refractivity contribution in [1.29, 1.82) is 0 Å². The van der Waals surface area contributed by atoms with Gasteiger partial charge in [0.2, 0.25) is 5.95 Å². The molecule has 0 aliphatic rings. The summed E-state index contributed by atoms with van der Waals surface area (Å²) in [5.41, 5.74) is 6.11. The molecule has 3 N–H and O–H groups in total. The van der Waals surface area contributed by atoms with Crippen LogP contribution >= 0.6 is 15.9 Å². The minimum atomic E-state index is -0.261. The number of hydrogen-bond donors (Lipinski definition) is 2. The third-order valence-corrected chi connectivity index (χ3v) is 2.52. The molecule has 0 aliphatic heterocycles. The number of nitrogens with zero attached hydrogens (tertiary/aromatic N) is 2. The highest BCUT2D eigenvalue weighted by Gasteiger charge is 2.03. The highest BCUT2D eigenvalue weighted by Crippen LogP contribution is 2.14. The third kappa shape index (κ3) is 3.13. The average Bonchev–Trinajstić information content (AvgIpc) is 2.27. The number of nitrogen functional groups attached to an aromatic ring is 1. The zero-order valence-electron chi connectivity index (χ0n) is 8.82. The predicted octanol–water partition coefficient (Wildman–Crippen LogP) is 2.57. The van der Waals surface area contributed by atoms with Gasteiger partial charge in [0.15, 0.2) is 0 Å². The van der Waals surface area contributed by atoms with Gasteiger partial charge < -0.3 is 11.1 Å². The fourth-order valence-electron chi connectivity index (χ4n) is 1.33. The van der Waals surface area contributed by atoms with Crippen LogP contribution in [0.4, 0.5) is 16.2 Å². The summed E-state index contributed by atoms with van der Waals surface area (Å²) in [6, 6.07) is 8.12. The van der Waals surface area contributed by atoms with E-state index >= 15 is 0 Å². The number of anilines is 2. The highest BCUT2D eigenvalue weighted by molar-refractivity contribution is 9.10. The largest absolute Gasteiger partial charge is 0.383 e. The first-order valence-electron chi connectivity index (χ1n) is 4.92. The lowest BCUT2D eigenvalue weighted by Gasteiger charge is -2.06. The Kier molecular flexibility index (Phi) is 3.53. The standard InChI is InChI=1S/C11H10BrFN4/c12-9-5-10(14)17-11(16-9)15-6-7-3-1-2-4-8(7)13/h1-5H,6H2,(H3,14,15,16,17). The average molecular weight is 297 g/mol. The first-order chi connectivity index (χ1) is 8.15. The number of halogens is 2. The van der Waals surface area contributed by atoms with Crippen LogP contribution in [-0.2, 0) is 6.54 Å². The Morgan fingerprint density at radius 3 is 2.76 bits per heavy atom. The normalized spacial score (nSPS) is 10.2. The lowest BCUT2D eigenvalue weighted by molar-refractivity contribution is 0.612. The Morgan fingerprint density at radius 2 is 2.06 bits per heavy atom. The van der Waals surface area contributed by atoms with Gasteiger partial charge in [-0.2, -0.15) is 4.98 Å². The van der Waals surface area contributed by atoms with Crippen molar-refractivity contribution in [3.63, 3.8) is 0 Å². The van der Waals surface area contributed by atoms with Crippen LogP contribution in [0.15, 0.2) is 34.9 Å². The van der Waals surface area contributed by atoms with Crippen molar-refractivity contribution in [2.75, 3.05) is 11.1 Å². The molecule has 2 aromatic rings. The first kappa shape index (κ1) is 11.8. The van der Waals surface area contributed by atoms with Crippen LogP contribution in [0.25, 0.3) is 0 Å². The Morgan fingerprint density at radius 1 is 1.29 bits per heavy atom. The second kappa shape index (κ2) is 5.09. The fraction of sp³-hybridized carbons (Fsp3) is 0.0909. The van der Waals surface area contributed by atoms with E-state index < -0.39 is 0 Å². The molecule has 0 unspecified atom stereocenters. The molecular formula is C11H10BrFN4. The van der Waals surface area contributed by atoms with Gasteiger partial charge in [-0.25, -0.2) is 9.37 Å². The second-order valence-electron chi connectivity index (χ2n) is 3.38. The van der Waals surface area contributed by atoms with Gasteiger partial charge >= 0.3 is 0 Å². The van der Waals surface area contributed by atoms with E-state index in [0.717, 1.165) is 0 Å². The third-order valence-electron chi connectivity index (χ3n) is 2.11. The number of aromatic nitrogens is 2. The second-order valence-corrected chi connectivity index (χ2v) is 4.20. The van der Waals surface area contributed by atoms with Gasteiger partial charge in [-0.05, 0) is 22.0 Å². The number of rotatable bonds is 3. The zero-order chi connectivity index (χ0) is 12.3. The summed E-state index contributed by atoms with van der Waals surface area (Å²) in [7, 11) is 0. The van der Waals surface area contributed by atoms with Crippen molar-refractivity contribution >= 4 is 27.7 Å². The van der Waals surface area contributed by atoms with Crippen molar-refractivity contribution in [2.45, 2.75) is 6.54 Å². The van der Waals surface area contributed by atoms with Gasteiger partial charge in [-0.1, -0.05) is 18.2 Å². The Hall–Kier alpha value is -1.69. The van der Waals surface area contributed by atoms with Crippen molar-refractivity contribution in [1.82, 2.24) is 9.97 Å². The topological polar surface area (TPSA) is 63.8 Å². The quantitative estimate of drug-likeness (QED) is 0.855. The van der Waals surface area contributed by atoms with Gasteiger partial charge in [0.25, 0.3) is 0 Å². The minimum absolute atomic E-state index is 0.261. The molecule has 17 heavy (non-hydrogen) atoms. The van der Waals surface area contributed by atoms with Crippen LogP contribution in [-0.4, -0.2) is 9.97 Å². The molecule has 4 nitrogen and oxygen atoms in total. The first-order valence-corrected chi connectivity index (χ1v) is 5.72. The molecule has 0 saturated heterocycles. The van der Waals surface area contributed by atoms with Gasteiger partial charge in [-0.15, -0.1) is 0 Å². The van der Waals surface area contributed by atoms with Gasteiger partial charge in [-0.3, -0.25) is 0 Å². The molecule has 1 aromatic carbocycles. The van der Waals surface area contributed by atoms with Crippen LogP contribution in [0.1, 0.15) is 5.56 Å². The lowest BCUT2D eigenvalue weighted by atomic mass is 10.2. The van der Waals surface area contributed by atoms with Crippen LogP contribution < -0.4 is 11.1 Å². The van der Waals surface area contributed by atoms with Crippen molar-refractivity contribution in [3.8, 4) is 0 Å². The van der Waals surface area contributed by atoms with E-state index in [1.165, 1.54) is 6.07 Å². The molecule has 0 amide bonds. The van der Waals surface area contributed by atoms with Crippen LogP contribution in [0.2, 0.25) is 0 Å². The molecule has 2 rings (SSSR count). The smallest absolute Gasteiger partial charge is 0.225 e. The summed E-state index contributed by atoms with van der Waals surface area (Å²) in [6.07, 6.45) is 0. The molecule has 6 heteroatoms. The molecule has 1 heterocycles. The molecular weight excluding hydrogens is 287 g/mol. The van der Waals surface area contributed by atoms with Crippen LogP contribution in [0.3, 0.4) is 0 Å². The van der Waals surface area contributed by atoms with Gasteiger partial charge in [0.1, 0.15) is 16.2 Å². The van der Waals surface area contributed by atoms with E-state index in [2.05, 4.69) is 31.2 Å². The fourth-order valence-corrected chi connectivity index (χ4v) is 1.73. The maximum Gasteiger partial charge on any atom is 0.225 e. The zero-order valence-corrected chi connectivity index (χ0v) is 10.4. The van der Waals surface area contributed by atoms with E-state index in [-0.39, 0.29) is 5.82 Å². The van der Waals surface area contributed by atoms with E-state index in [0.29, 0.717) is 28.5 Å². The Labute approximate surface area is 106 Å². The summed E-state index contributed by atoms with van der Waals surface area (Å²) < 4.78 is 13.9. The molecule has 0 saturated carbocycles. The van der Waals surface area contributed by atoms with Crippen LogP contribution in [0.5, 0.6) is 0 Å². The van der Waals surface area contributed by atoms with Crippen LogP contribution in [0, 0.1) is 5.82 Å². The molecule has 0 spiro atoms. The maximum absolute atomic E-state index is 13.3. The summed E-state index contributed by atoms with van der Waals surface area (Å²) in [5, 5.41) is 2.91. The highest BCUT2D eigenvalue weighted by atomic mass is 79.9. The molecule has 0 bridgehead atoms. The van der Waals surface area contributed by atoms with Gasteiger partial charge in [0.05, 0.1) is 0 Å². The summed E-state index contributed by atoms with van der Waals surface area (Å²) in [5.74, 6) is 0.450. The number of nitrogens with two attached hydrogens (primary N) is 1. The van der Waals surface area contributed by atoms with Crippen molar-refractivity contribution in [3.05, 3.63) is 46.3 Å². The molecule has 0 radical (unpaired) electrons. The molecule has 1 aromatic heterocycles. The lowest BCUT2D eigenvalue weighted by Crippen LogP contribution is -2.06. The monoisotopic (exact) mass is 296 g/mol. The number of benzene rings is 1. The van der Waals surface area contributed by atoms with E-state index in [1.54, 1.807) is 24.3 Å². The minimum Gasteiger partial charge on any atom is -0.383 e.